The maximum Gasteiger partial charge on any atom is 0.416 e. The number of fused-ring (bicyclic) bond motifs is 1. The first kappa shape index (κ1) is 11.1. The van der Waals surface area contributed by atoms with Crippen LogP contribution in [0.2, 0.25) is 0 Å². The van der Waals surface area contributed by atoms with Crippen LogP contribution in [0.25, 0.3) is 0 Å². The highest BCUT2D eigenvalue weighted by molar-refractivity contribution is 5.65. The van der Waals surface area contributed by atoms with Gasteiger partial charge in [-0.15, -0.1) is 0 Å². The van der Waals surface area contributed by atoms with Gasteiger partial charge in [-0.3, -0.25) is 0 Å². The number of carbonyl (C=O) groups is 1. The third kappa shape index (κ3) is 1.82. The van der Waals surface area contributed by atoms with E-state index in [4.69, 9.17) is 0 Å². The molecular weight excluding hydrogens is 219 g/mol. The topological polar surface area (TPSA) is 29.1 Å². The number of rotatable bonds is 1. The van der Waals surface area contributed by atoms with E-state index in [9.17, 15) is 18.0 Å². The molecule has 86 valence electrons. The van der Waals surface area contributed by atoms with Gasteiger partial charge in [0, 0.05) is 6.54 Å². The molecule has 16 heavy (non-hydrogen) atoms. The molecule has 0 fully saturated rings. The predicted octanol–water partition coefficient (Wildman–Crippen LogP) is 2.09. The molecule has 0 radical (unpaired) electrons. The van der Waals surface area contributed by atoms with E-state index < -0.39 is 17.8 Å². The van der Waals surface area contributed by atoms with E-state index in [0.717, 1.165) is 6.07 Å². The van der Waals surface area contributed by atoms with Gasteiger partial charge in [-0.25, -0.2) is 0 Å². The summed E-state index contributed by atoms with van der Waals surface area (Å²) in [7, 11) is 0. The molecule has 0 bridgehead atoms. The fraction of sp³-hybridized carbons (Fsp3) is 0.364. The van der Waals surface area contributed by atoms with Gasteiger partial charge in [0.25, 0.3) is 0 Å². The Morgan fingerprint density at radius 2 is 2.12 bits per heavy atom. The van der Waals surface area contributed by atoms with Gasteiger partial charge < -0.3 is 10.1 Å². The third-order valence-electron chi connectivity index (χ3n) is 2.71. The molecule has 1 atom stereocenters. The van der Waals surface area contributed by atoms with Gasteiger partial charge in [-0.1, -0.05) is 12.1 Å². The highest BCUT2D eigenvalue weighted by Crippen LogP contribution is 2.37. The van der Waals surface area contributed by atoms with Crippen LogP contribution in [0.5, 0.6) is 0 Å². The fourth-order valence-electron chi connectivity index (χ4n) is 2.03. The molecule has 1 aliphatic heterocycles. The summed E-state index contributed by atoms with van der Waals surface area (Å²) >= 11 is 0. The van der Waals surface area contributed by atoms with Gasteiger partial charge in [0.2, 0.25) is 0 Å². The van der Waals surface area contributed by atoms with Crippen LogP contribution in [0.3, 0.4) is 0 Å². The zero-order chi connectivity index (χ0) is 11.8. The van der Waals surface area contributed by atoms with Crippen LogP contribution in [0.4, 0.5) is 13.2 Å². The van der Waals surface area contributed by atoms with E-state index in [1.165, 1.54) is 6.07 Å². The first-order valence-corrected chi connectivity index (χ1v) is 4.91. The molecule has 1 aromatic carbocycles. The Bertz CT molecular complexity index is 414. The van der Waals surface area contributed by atoms with E-state index in [-0.39, 0.29) is 5.56 Å². The summed E-state index contributed by atoms with van der Waals surface area (Å²) in [5, 5.41) is 2.77. The number of hydrogen-bond acceptors (Lipinski definition) is 2. The van der Waals surface area contributed by atoms with Crippen molar-refractivity contribution in [2.75, 3.05) is 6.54 Å². The lowest BCUT2D eigenvalue weighted by atomic mass is 9.90. The maximum absolute atomic E-state index is 12.7. The molecule has 1 aromatic rings. The third-order valence-corrected chi connectivity index (χ3v) is 2.71. The minimum Gasteiger partial charge on any atom is -0.304 e. The maximum atomic E-state index is 12.7. The average molecular weight is 229 g/mol. The molecule has 1 aliphatic rings. The molecule has 1 heterocycles. The quantitative estimate of drug-likeness (QED) is 0.747. The molecule has 0 aliphatic carbocycles. The molecule has 0 spiro atoms. The second kappa shape index (κ2) is 3.90. The first-order chi connectivity index (χ1) is 7.54. The van der Waals surface area contributed by atoms with Crippen molar-refractivity contribution in [3.63, 3.8) is 0 Å². The van der Waals surface area contributed by atoms with Crippen molar-refractivity contribution < 1.29 is 18.0 Å². The SMILES string of the molecule is O=CC1NCCc2cccc(C(F)(F)F)c21. The predicted molar refractivity (Wildman–Crippen MR) is 52.0 cm³/mol. The molecule has 5 heteroatoms. The van der Waals surface area contributed by atoms with Crippen molar-refractivity contribution in [2.45, 2.75) is 18.6 Å². The monoisotopic (exact) mass is 229 g/mol. The summed E-state index contributed by atoms with van der Waals surface area (Å²) in [6, 6.07) is 3.19. The van der Waals surface area contributed by atoms with Crippen LogP contribution < -0.4 is 5.32 Å². The smallest absolute Gasteiger partial charge is 0.304 e. The molecule has 1 N–H and O–H groups in total. The summed E-state index contributed by atoms with van der Waals surface area (Å²) in [4.78, 5) is 10.8. The fourth-order valence-corrected chi connectivity index (χ4v) is 2.03. The Labute approximate surface area is 90.5 Å². The second-order valence-corrected chi connectivity index (χ2v) is 3.69. The van der Waals surface area contributed by atoms with E-state index in [1.54, 1.807) is 6.07 Å². The Hall–Kier alpha value is -1.36. The summed E-state index contributed by atoms with van der Waals surface area (Å²) in [5.74, 6) is 0. The Balaban J connectivity index is 2.59. The standard InChI is InChI=1S/C11H10F3NO/c12-11(13,14)8-3-1-2-7-4-5-15-9(6-16)10(7)8/h1-3,6,9,15H,4-5H2. The molecule has 0 saturated carbocycles. The van der Waals surface area contributed by atoms with Crippen LogP contribution in [-0.2, 0) is 17.4 Å². The number of aldehydes is 1. The first-order valence-electron chi connectivity index (χ1n) is 4.91. The largest absolute Gasteiger partial charge is 0.416 e. The molecular formula is C11H10F3NO. The lowest BCUT2D eigenvalue weighted by Crippen LogP contribution is -2.33. The minimum atomic E-state index is -4.41. The number of hydrogen-bond donors (Lipinski definition) is 1. The van der Waals surface area contributed by atoms with E-state index in [2.05, 4.69) is 5.32 Å². The molecule has 0 aromatic heterocycles. The van der Waals surface area contributed by atoms with Crippen LogP contribution in [0, 0.1) is 0 Å². The van der Waals surface area contributed by atoms with Gasteiger partial charge >= 0.3 is 6.18 Å². The molecule has 1 unspecified atom stereocenters. The Kier molecular flexibility index (Phi) is 2.71. The van der Waals surface area contributed by atoms with Crippen LogP contribution >= 0.6 is 0 Å². The Morgan fingerprint density at radius 3 is 2.75 bits per heavy atom. The summed E-state index contributed by atoms with van der Waals surface area (Å²) in [6.07, 6.45) is -3.37. The number of carbonyl (C=O) groups excluding carboxylic acids is 1. The normalized spacial score (nSPS) is 20.3. The van der Waals surface area contributed by atoms with Gasteiger partial charge in [0.15, 0.2) is 0 Å². The Morgan fingerprint density at radius 1 is 1.38 bits per heavy atom. The molecule has 2 nitrogen and oxygen atoms in total. The molecule has 2 rings (SSSR count). The number of halogens is 3. The highest BCUT2D eigenvalue weighted by atomic mass is 19.4. The highest BCUT2D eigenvalue weighted by Gasteiger charge is 2.37. The van der Waals surface area contributed by atoms with Crippen molar-refractivity contribution in [1.29, 1.82) is 0 Å². The van der Waals surface area contributed by atoms with Crippen LogP contribution in [0.15, 0.2) is 18.2 Å². The lowest BCUT2D eigenvalue weighted by molar-refractivity contribution is -0.138. The minimum absolute atomic E-state index is 0.0799. The second-order valence-electron chi connectivity index (χ2n) is 3.69. The van der Waals surface area contributed by atoms with Crippen molar-refractivity contribution in [2.24, 2.45) is 0 Å². The van der Waals surface area contributed by atoms with Crippen molar-refractivity contribution in [3.8, 4) is 0 Å². The molecule has 0 amide bonds. The van der Waals surface area contributed by atoms with Crippen LogP contribution in [0.1, 0.15) is 22.7 Å². The van der Waals surface area contributed by atoms with E-state index >= 15 is 0 Å². The van der Waals surface area contributed by atoms with E-state index in [0.29, 0.717) is 24.8 Å². The lowest BCUT2D eigenvalue weighted by Gasteiger charge is -2.26. The van der Waals surface area contributed by atoms with Gasteiger partial charge in [-0.2, -0.15) is 13.2 Å². The van der Waals surface area contributed by atoms with Crippen molar-refractivity contribution in [3.05, 3.63) is 34.9 Å². The number of alkyl halides is 3. The van der Waals surface area contributed by atoms with E-state index in [1.807, 2.05) is 0 Å². The summed E-state index contributed by atoms with van der Waals surface area (Å²) < 4.78 is 38.2. The van der Waals surface area contributed by atoms with Gasteiger partial charge in [0.1, 0.15) is 6.29 Å². The summed E-state index contributed by atoms with van der Waals surface area (Å²) in [5.41, 5.74) is -0.0313. The van der Waals surface area contributed by atoms with Crippen molar-refractivity contribution in [1.82, 2.24) is 5.32 Å². The zero-order valence-electron chi connectivity index (χ0n) is 8.34. The zero-order valence-corrected chi connectivity index (χ0v) is 8.34. The average Bonchev–Trinajstić information content (AvgIpc) is 2.26. The summed E-state index contributed by atoms with van der Waals surface area (Å²) in [6.45, 7) is 0.526. The van der Waals surface area contributed by atoms with Crippen LogP contribution in [-0.4, -0.2) is 12.8 Å². The number of nitrogens with one attached hydrogen (secondary N) is 1. The van der Waals surface area contributed by atoms with Gasteiger partial charge in [0.05, 0.1) is 11.6 Å². The van der Waals surface area contributed by atoms with Gasteiger partial charge in [-0.05, 0) is 23.6 Å². The van der Waals surface area contributed by atoms with Crippen molar-refractivity contribution >= 4 is 6.29 Å². The number of benzene rings is 1. The molecule has 0 saturated heterocycles.